The van der Waals surface area contributed by atoms with Gasteiger partial charge < -0.3 is 15.8 Å². The van der Waals surface area contributed by atoms with Crippen LogP contribution in [0.1, 0.15) is 13.8 Å². The Morgan fingerprint density at radius 1 is 1.56 bits per heavy atom. The van der Waals surface area contributed by atoms with Crippen LogP contribution in [0.3, 0.4) is 0 Å². The van der Waals surface area contributed by atoms with Gasteiger partial charge in [0.25, 0.3) is 0 Å². The van der Waals surface area contributed by atoms with Gasteiger partial charge in [0.15, 0.2) is 0 Å². The van der Waals surface area contributed by atoms with Crippen molar-refractivity contribution < 1.29 is 9.13 Å². The highest BCUT2D eigenvalue weighted by molar-refractivity contribution is 9.10. The van der Waals surface area contributed by atoms with Gasteiger partial charge in [-0.25, -0.2) is 4.39 Å². The number of anilines is 2. The lowest BCUT2D eigenvalue weighted by Gasteiger charge is -2.17. The van der Waals surface area contributed by atoms with Crippen LogP contribution in [-0.4, -0.2) is 19.3 Å². The number of hydrogen-bond donors (Lipinski definition) is 2. The number of hydrogen-bond acceptors (Lipinski definition) is 3. The summed E-state index contributed by atoms with van der Waals surface area (Å²) < 4.78 is 18.8. The fraction of sp³-hybridized carbons (Fsp3) is 0.455. The molecule has 0 saturated carbocycles. The third kappa shape index (κ3) is 3.64. The minimum absolute atomic E-state index is 0.125. The topological polar surface area (TPSA) is 47.3 Å². The maximum absolute atomic E-state index is 13.1. The van der Waals surface area contributed by atoms with Crippen LogP contribution in [0.2, 0.25) is 0 Å². The van der Waals surface area contributed by atoms with Gasteiger partial charge in [0, 0.05) is 18.7 Å². The Balaban J connectivity index is 2.69. The molecule has 0 heterocycles. The minimum Gasteiger partial charge on any atom is -0.397 e. The van der Waals surface area contributed by atoms with E-state index in [-0.39, 0.29) is 11.9 Å². The smallest absolute Gasteiger partial charge is 0.139 e. The van der Waals surface area contributed by atoms with Crippen LogP contribution < -0.4 is 11.1 Å². The number of nitrogens with one attached hydrogen (secondary N) is 1. The van der Waals surface area contributed by atoms with Gasteiger partial charge in [0.1, 0.15) is 5.82 Å². The lowest BCUT2D eigenvalue weighted by Crippen LogP contribution is -2.22. The molecule has 1 atom stereocenters. The zero-order valence-corrected chi connectivity index (χ0v) is 11.0. The molecule has 1 aromatic rings. The molecule has 5 heteroatoms. The molecule has 3 nitrogen and oxygen atoms in total. The predicted octanol–water partition coefficient (Wildman–Crippen LogP) is 3.01. The average Bonchev–Trinajstić information content (AvgIpc) is 2.23. The molecule has 0 aliphatic rings. The lowest BCUT2D eigenvalue weighted by atomic mass is 10.2. The van der Waals surface area contributed by atoms with Gasteiger partial charge in [-0.1, -0.05) is 0 Å². The second-order valence-corrected chi connectivity index (χ2v) is 4.41. The number of rotatable bonds is 5. The number of ether oxygens (including phenoxy) is 1. The molecule has 0 bridgehead atoms. The normalized spacial score (nSPS) is 12.5. The predicted molar refractivity (Wildman–Crippen MR) is 68.1 cm³/mol. The summed E-state index contributed by atoms with van der Waals surface area (Å²) in [4.78, 5) is 0. The molecule has 3 N–H and O–H groups in total. The largest absolute Gasteiger partial charge is 0.397 e. The molecular formula is C11H16BrFN2O. The summed E-state index contributed by atoms with van der Waals surface area (Å²) in [6, 6.07) is 3.05. The quantitative estimate of drug-likeness (QED) is 0.820. The van der Waals surface area contributed by atoms with Gasteiger partial charge in [-0.3, -0.25) is 0 Å². The van der Waals surface area contributed by atoms with Gasteiger partial charge >= 0.3 is 0 Å². The van der Waals surface area contributed by atoms with Gasteiger partial charge in [-0.2, -0.15) is 0 Å². The van der Waals surface area contributed by atoms with Gasteiger partial charge in [0.2, 0.25) is 0 Å². The summed E-state index contributed by atoms with van der Waals surface area (Å²) in [5.41, 5.74) is 6.80. The molecule has 0 amide bonds. The summed E-state index contributed by atoms with van der Waals surface area (Å²) in [6.45, 7) is 5.18. The first kappa shape index (κ1) is 13.3. The molecule has 1 aromatic carbocycles. The van der Waals surface area contributed by atoms with E-state index < -0.39 is 0 Å². The van der Waals surface area contributed by atoms with Crippen molar-refractivity contribution in [3.63, 3.8) is 0 Å². The summed E-state index contributed by atoms with van der Waals surface area (Å²) in [5.74, 6) is -0.361. The highest BCUT2D eigenvalue weighted by atomic mass is 79.9. The van der Waals surface area contributed by atoms with E-state index >= 15 is 0 Å². The van der Waals surface area contributed by atoms with Crippen LogP contribution >= 0.6 is 15.9 Å². The average molecular weight is 291 g/mol. The van der Waals surface area contributed by atoms with E-state index in [0.29, 0.717) is 29.1 Å². The van der Waals surface area contributed by atoms with E-state index in [9.17, 15) is 4.39 Å². The van der Waals surface area contributed by atoms with E-state index in [1.54, 1.807) is 6.07 Å². The van der Waals surface area contributed by atoms with Crippen molar-refractivity contribution in [1.82, 2.24) is 0 Å². The Morgan fingerprint density at radius 3 is 2.88 bits per heavy atom. The third-order valence-electron chi connectivity index (χ3n) is 2.07. The molecule has 0 aliphatic carbocycles. The highest BCUT2D eigenvalue weighted by Crippen LogP contribution is 2.27. The number of nitrogens with two attached hydrogens (primary N) is 1. The van der Waals surface area contributed by atoms with Crippen molar-refractivity contribution >= 4 is 27.3 Å². The Kier molecular flexibility index (Phi) is 5.02. The Labute approximate surface area is 103 Å². The molecular weight excluding hydrogens is 275 g/mol. The van der Waals surface area contributed by atoms with Crippen molar-refractivity contribution in [3.05, 3.63) is 22.4 Å². The molecule has 0 spiro atoms. The molecule has 0 saturated heterocycles. The molecule has 0 aromatic heterocycles. The third-order valence-corrected chi connectivity index (χ3v) is 2.67. The monoisotopic (exact) mass is 290 g/mol. The summed E-state index contributed by atoms with van der Waals surface area (Å²) in [5, 5.41) is 3.17. The fourth-order valence-corrected chi connectivity index (χ4v) is 1.63. The second-order valence-electron chi connectivity index (χ2n) is 3.56. The van der Waals surface area contributed by atoms with E-state index in [4.69, 9.17) is 10.5 Å². The SMILES string of the molecule is CCOCC(C)Nc1cc(Br)c(F)cc1N. The first-order valence-corrected chi connectivity index (χ1v) is 5.92. The zero-order chi connectivity index (χ0) is 12.1. The van der Waals surface area contributed by atoms with Crippen LogP contribution in [-0.2, 0) is 4.74 Å². The molecule has 1 rings (SSSR count). The standard InChI is InChI=1S/C11H16BrFN2O/c1-3-16-6-7(2)15-11-4-8(12)9(13)5-10(11)14/h4-5,7,15H,3,6,14H2,1-2H3. The number of halogens is 2. The highest BCUT2D eigenvalue weighted by Gasteiger charge is 2.08. The molecule has 0 aliphatic heterocycles. The first-order valence-electron chi connectivity index (χ1n) is 5.13. The minimum atomic E-state index is -0.361. The van der Waals surface area contributed by atoms with Crippen molar-refractivity contribution in [2.45, 2.75) is 19.9 Å². The lowest BCUT2D eigenvalue weighted by molar-refractivity contribution is 0.141. The van der Waals surface area contributed by atoms with Crippen LogP contribution in [0.4, 0.5) is 15.8 Å². The van der Waals surface area contributed by atoms with E-state index in [2.05, 4.69) is 21.2 Å². The van der Waals surface area contributed by atoms with Crippen LogP contribution in [0.5, 0.6) is 0 Å². The van der Waals surface area contributed by atoms with Crippen LogP contribution in [0, 0.1) is 5.82 Å². The first-order chi connectivity index (χ1) is 7.54. The van der Waals surface area contributed by atoms with E-state index in [1.165, 1.54) is 6.07 Å². The van der Waals surface area contributed by atoms with E-state index in [0.717, 1.165) is 0 Å². The summed E-state index contributed by atoms with van der Waals surface area (Å²) >= 11 is 3.12. The second kappa shape index (κ2) is 6.06. The molecule has 1 unspecified atom stereocenters. The van der Waals surface area contributed by atoms with Crippen molar-refractivity contribution in [2.75, 3.05) is 24.3 Å². The summed E-state index contributed by atoms with van der Waals surface area (Å²) in [6.07, 6.45) is 0. The molecule has 16 heavy (non-hydrogen) atoms. The Morgan fingerprint density at radius 2 is 2.25 bits per heavy atom. The molecule has 0 radical (unpaired) electrons. The van der Waals surface area contributed by atoms with Crippen molar-refractivity contribution in [3.8, 4) is 0 Å². The summed E-state index contributed by atoms with van der Waals surface area (Å²) in [7, 11) is 0. The number of benzene rings is 1. The van der Waals surface area contributed by atoms with Crippen LogP contribution in [0.15, 0.2) is 16.6 Å². The van der Waals surface area contributed by atoms with Gasteiger partial charge in [0.05, 0.1) is 22.5 Å². The Bertz CT molecular complexity index is 360. The fourth-order valence-electron chi connectivity index (χ4n) is 1.29. The van der Waals surface area contributed by atoms with Crippen LogP contribution in [0.25, 0.3) is 0 Å². The van der Waals surface area contributed by atoms with Gasteiger partial charge in [-0.05, 0) is 35.8 Å². The Hall–Kier alpha value is -0.810. The maximum Gasteiger partial charge on any atom is 0.139 e. The van der Waals surface area contributed by atoms with Crippen molar-refractivity contribution in [1.29, 1.82) is 0 Å². The number of nitrogen functional groups attached to an aromatic ring is 1. The zero-order valence-electron chi connectivity index (χ0n) is 9.39. The van der Waals surface area contributed by atoms with Gasteiger partial charge in [-0.15, -0.1) is 0 Å². The van der Waals surface area contributed by atoms with E-state index in [1.807, 2.05) is 13.8 Å². The maximum atomic E-state index is 13.1. The molecule has 0 fully saturated rings. The van der Waals surface area contributed by atoms with Crippen molar-refractivity contribution in [2.24, 2.45) is 0 Å². The molecule has 90 valence electrons.